The number of hydrogen-bond donors (Lipinski definition) is 1. The minimum Gasteiger partial charge on any atom is -0.481 e. The normalized spacial score (nSPS) is 16.7. The van der Waals surface area contributed by atoms with Crippen molar-refractivity contribution in [1.82, 2.24) is 0 Å². The Labute approximate surface area is 74.7 Å². The molecule has 0 aliphatic heterocycles. The molecular formula is C8H13F3O2. The number of alkyl halides is 3. The summed E-state index contributed by atoms with van der Waals surface area (Å²) in [4.78, 5) is 10.6. The third-order valence-electron chi connectivity index (χ3n) is 2.26. The van der Waals surface area contributed by atoms with Gasteiger partial charge < -0.3 is 5.11 Å². The SMILES string of the molecule is CCC(C)(CCC(F)(F)F)C(=O)O. The Bertz CT molecular complexity index is 188. The molecule has 0 aromatic heterocycles. The van der Waals surface area contributed by atoms with Crippen LogP contribution in [0.1, 0.15) is 33.1 Å². The lowest BCUT2D eigenvalue weighted by atomic mass is 9.83. The smallest absolute Gasteiger partial charge is 0.389 e. The first-order chi connectivity index (χ1) is 5.71. The summed E-state index contributed by atoms with van der Waals surface area (Å²) in [6, 6.07) is 0. The van der Waals surface area contributed by atoms with Crippen LogP contribution in [0, 0.1) is 5.41 Å². The van der Waals surface area contributed by atoms with Crippen molar-refractivity contribution in [3.05, 3.63) is 0 Å². The van der Waals surface area contributed by atoms with E-state index in [4.69, 9.17) is 5.11 Å². The van der Waals surface area contributed by atoms with Gasteiger partial charge in [-0.3, -0.25) is 4.79 Å². The van der Waals surface area contributed by atoms with E-state index in [1.54, 1.807) is 6.92 Å². The van der Waals surface area contributed by atoms with E-state index in [1.165, 1.54) is 6.92 Å². The molecule has 0 aliphatic carbocycles. The molecule has 2 nitrogen and oxygen atoms in total. The summed E-state index contributed by atoms with van der Waals surface area (Å²) in [7, 11) is 0. The minimum absolute atomic E-state index is 0.207. The topological polar surface area (TPSA) is 37.3 Å². The number of halogens is 3. The zero-order valence-corrected chi connectivity index (χ0v) is 7.61. The maximum absolute atomic E-state index is 11.8. The maximum Gasteiger partial charge on any atom is 0.389 e. The molecule has 0 amide bonds. The minimum atomic E-state index is -4.27. The molecule has 0 aromatic carbocycles. The molecule has 0 spiro atoms. The Kier molecular flexibility index (Phi) is 3.75. The lowest BCUT2D eigenvalue weighted by molar-refractivity contribution is -0.156. The summed E-state index contributed by atoms with van der Waals surface area (Å²) in [6.07, 6.45) is -5.46. The van der Waals surface area contributed by atoms with Gasteiger partial charge in [0, 0.05) is 6.42 Å². The molecule has 13 heavy (non-hydrogen) atoms. The first-order valence-corrected chi connectivity index (χ1v) is 4.01. The van der Waals surface area contributed by atoms with Gasteiger partial charge in [0.2, 0.25) is 0 Å². The molecule has 0 heterocycles. The zero-order chi connectivity index (χ0) is 10.7. The van der Waals surface area contributed by atoms with Gasteiger partial charge in [-0.15, -0.1) is 0 Å². The average Bonchev–Trinajstić information content (AvgIpc) is 1.98. The third kappa shape index (κ3) is 4.15. The molecule has 1 N–H and O–H groups in total. The molecule has 0 rings (SSSR count). The highest BCUT2D eigenvalue weighted by Crippen LogP contribution is 2.33. The van der Waals surface area contributed by atoms with Crippen molar-refractivity contribution >= 4 is 5.97 Å². The van der Waals surface area contributed by atoms with Crippen molar-refractivity contribution in [3.63, 3.8) is 0 Å². The summed E-state index contributed by atoms with van der Waals surface area (Å²) < 4.78 is 35.4. The fourth-order valence-corrected chi connectivity index (χ4v) is 0.853. The van der Waals surface area contributed by atoms with Crippen molar-refractivity contribution in [2.24, 2.45) is 5.41 Å². The molecule has 0 aromatic rings. The van der Waals surface area contributed by atoms with Crippen molar-refractivity contribution in [2.75, 3.05) is 0 Å². The van der Waals surface area contributed by atoms with Gasteiger partial charge in [-0.05, 0) is 19.8 Å². The van der Waals surface area contributed by atoms with E-state index in [1.807, 2.05) is 0 Å². The van der Waals surface area contributed by atoms with Crippen LogP contribution in [0.25, 0.3) is 0 Å². The quantitative estimate of drug-likeness (QED) is 0.754. The number of carboxylic acid groups (broad SMARTS) is 1. The average molecular weight is 198 g/mol. The molecular weight excluding hydrogens is 185 g/mol. The van der Waals surface area contributed by atoms with E-state index in [0.29, 0.717) is 0 Å². The molecule has 78 valence electrons. The second kappa shape index (κ2) is 3.98. The van der Waals surface area contributed by atoms with E-state index in [2.05, 4.69) is 0 Å². The van der Waals surface area contributed by atoms with Crippen molar-refractivity contribution in [2.45, 2.75) is 39.3 Å². The van der Waals surface area contributed by atoms with Crippen LogP contribution in [0.4, 0.5) is 13.2 Å². The van der Waals surface area contributed by atoms with Crippen molar-refractivity contribution < 1.29 is 23.1 Å². The highest BCUT2D eigenvalue weighted by molar-refractivity contribution is 5.73. The molecule has 1 unspecified atom stereocenters. The molecule has 0 saturated heterocycles. The van der Waals surface area contributed by atoms with Crippen LogP contribution in [0.3, 0.4) is 0 Å². The second-order valence-electron chi connectivity index (χ2n) is 3.33. The molecule has 0 radical (unpaired) electrons. The Morgan fingerprint density at radius 1 is 1.31 bits per heavy atom. The Morgan fingerprint density at radius 2 is 1.77 bits per heavy atom. The van der Waals surface area contributed by atoms with Crippen LogP contribution >= 0.6 is 0 Å². The van der Waals surface area contributed by atoms with E-state index in [9.17, 15) is 18.0 Å². The predicted molar refractivity (Wildman–Crippen MR) is 41.3 cm³/mol. The van der Waals surface area contributed by atoms with E-state index >= 15 is 0 Å². The maximum atomic E-state index is 11.8. The first-order valence-electron chi connectivity index (χ1n) is 4.01. The summed E-state index contributed by atoms with van der Waals surface area (Å²) >= 11 is 0. The fourth-order valence-electron chi connectivity index (χ4n) is 0.853. The van der Waals surface area contributed by atoms with Crippen LogP contribution in [0.5, 0.6) is 0 Å². The summed E-state index contributed by atoms with van der Waals surface area (Å²) in [5.74, 6) is -1.17. The van der Waals surface area contributed by atoms with Gasteiger partial charge in [0.25, 0.3) is 0 Å². The van der Waals surface area contributed by atoms with Gasteiger partial charge in [0.05, 0.1) is 5.41 Å². The molecule has 0 aliphatic rings. The lowest BCUT2D eigenvalue weighted by Gasteiger charge is -2.23. The number of hydrogen-bond acceptors (Lipinski definition) is 1. The molecule has 5 heteroatoms. The van der Waals surface area contributed by atoms with E-state index in [0.717, 1.165) is 0 Å². The number of rotatable bonds is 4. The van der Waals surface area contributed by atoms with Gasteiger partial charge in [0.15, 0.2) is 0 Å². The van der Waals surface area contributed by atoms with Crippen molar-refractivity contribution in [1.29, 1.82) is 0 Å². The molecule has 0 bridgehead atoms. The number of carbonyl (C=O) groups is 1. The lowest BCUT2D eigenvalue weighted by Crippen LogP contribution is -2.28. The standard InChI is InChI=1S/C8H13F3O2/c1-3-7(2,6(12)13)4-5-8(9,10)11/h3-5H2,1-2H3,(H,12,13). The van der Waals surface area contributed by atoms with Crippen LogP contribution in [0.15, 0.2) is 0 Å². The third-order valence-corrected chi connectivity index (χ3v) is 2.26. The number of carboxylic acids is 1. The van der Waals surface area contributed by atoms with Crippen molar-refractivity contribution in [3.8, 4) is 0 Å². The molecule has 0 saturated carbocycles. The highest BCUT2D eigenvalue weighted by Gasteiger charge is 2.36. The second-order valence-corrected chi connectivity index (χ2v) is 3.33. The number of aliphatic carboxylic acids is 1. The van der Waals surface area contributed by atoms with Crippen LogP contribution in [0.2, 0.25) is 0 Å². The fraction of sp³-hybridized carbons (Fsp3) is 0.875. The Morgan fingerprint density at radius 3 is 2.00 bits per heavy atom. The van der Waals surface area contributed by atoms with Crippen LogP contribution < -0.4 is 0 Å². The Hall–Kier alpha value is -0.740. The van der Waals surface area contributed by atoms with Gasteiger partial charge in [-0.25, -0.2) is 0 Å². The largest absolute Gasteiger partial charge is 0.481 e. The zero-order valence-electron chi connectivity index (χ0n) is 7.61. The van der Waals surface area contributed by atoms with Crippen LogP contribution in [-0.4, -0.2) is 17.3 Å². The van der Waals surface area contributed by atoms with E-state index < -0.39 is 24.0 Å². The van der Waals surface area contributed by atoms with E-state index in [-0.39, 0.29) is 12.8 Å². The van der Waals surface area contributed by atoms with Gasteiger partial charge >= 0.3 is 12.1 Å². The summed E-state index contributed by atoms with van der Waals surface area (Å²) in [6.45, 7) is 2.91. The summed E-state index contributed by atoms with van der Waals surface area (Å²) in [5, 5.41) is 8.66. The van der Waals surface area contributed by atoms with Crippen LogP contribution in [-0.2, 0) is 4.79 Å². The Balaban J connectivity index is 4.22. The van der Waals surface area contributed by atoms with Gasteiger partial charge in [-0.2, -0.15) is 13.2 Å². The molecule has 0 fully saturated rings. The highest BCUT2D eigenvalue weighted by atomic mass is 19.4. The first kappa shape index (κ1) is 12.3. The van der Waals surface area contributed by atoms with Gasteiger partial charge in [0.1, 0.15) is 0 Å². The van der Waals surface area contributed by atoms with Gasteiger partial charge in [-0.1, -0.05) is 6.92 Å². The monoisotopic (exact) mass is 198 g/mol. The summed E-state index contributed by atoms with van der Waals surface area (Å²) in [5.41, 5.74) is -1.25. The molecule has 1 atom stereocenters. The predicted octanol–water partition coefficient (Wildman–Crippen LogP) is 2.83.